The summed E-state index contributed by atoms with van der Waals surface area (Å²) < 4.78 is 27.9. The zero-order valence-electron chi connectivity index (χ0n) is 16.5. The number of benzene rings is 1. The average molecular weight is 475 g/mol. The van der Waals surface area contributed by atoms with Gasteiger partial charge in [-0.3, -0.25) is 14.3 Å². The van der Waals surface area contributed by atoms with Gasteiger partial charge in [-0.15, -0.1) is 0 Å². The van der Waals surface area contributed by atoms with Crippen molar-refractivity contribution in [3.05, 3.63) is 28.2 Å². The molecule has 158 valence electrons. The molecule has 6 nitrogen and oxygen atoms in total. The van der Waals surface area contributed by atoms with Crippen molar-refractivity contribution in [1.29, 1.82) is 0 Å². The number of halogens is 1. The number of nitrogens with two attached hydrogens (primary N) is 1. The van der Waals surface area contributed by atoms with Gasteiger partial charge in [0.25, 0.3) is 0 Å². The van der Waals surface area contributed by atoms with Gasteiger partial charge in [0, 0.05) is 10.9 Å². The van der Waals surface area contributed by atoms with Crippen molar-refractivity contribution in [3.63, 3.8) is 0 Å². The fraction of sp³-hybridized carbons (Fsp3) is 0.600. The number of ketones is 2. The van der Waals surface area contributed by atoms with E-state index in [0.717, 1.165) is 32.1 Å². The smallest absolute Gasteiger partial charge is 0.232 e. The summed E-state index contributed by atoms with van der Waals surface area (Å²) >= 11 is 3.27. The number of rotatable bonds is 15. The number of hydrogen-bond acceptors (Lipinski definition) is 5. The largest absolute Gasteiger partial charge is 0.330 e. The lowest BCUT2D eigenvalue weighted by molar-refractivity contribution is -0.115. The first kappa shape index (κ1) is 24.8. The molecule has 0 saturated carbocycles. The third-order valence-corrected chi connectivity index (χ3v) is 6.22. The lowest BCUT2D eigenvalue weighted by Crippen LogP contribution is -2.21. The maximum Gasteiger partial charge on any atom is 0.232 e. The van der Waals surface area contributed by atoms with Gasteiger partial charge >= 0.3 is 0 Å². The molecule has 0 unspecified atom stereocenters. The fourth-order valence-electron chi connectivity index (χ4n) is 2.78. The van der Waals surface area contributed by atoms with E-state index in [1.54, 1.807) is 6.07 Å². The van der Waals surface area contributed by atoms with Crippen LogP contribution in [0, 0.1) is 0 Å². The Morgan fingerprint density at radius 2 is 1.71 bits per heavy atom. The summed E-state index contributed by atoms with van der Waals surface area (Å²) in [6, 6.07) is 4.62. The van der Waals surface area contributed by atoms with Crippen LogP contribution in [0.15, 0.2) is 22.7 Å². The Morgan fingerprint density at radius 1 is 1.04 bits per heavy atom. The Hall–Kier alpha value is -1.25. The number of hydrogen-bond donors (Lipinski definition) is 2. The summed E-state index contributed by atoms with van der Waals surface area (Å²) in [6.45, 7) is 2.59. The van der Waals surface area contributed by atoms with Crippen LogP contribution in [0.2, 0.25) is 0 Å². The van der Waals surface area contributed by atoms with Crippen LogP contribution in [0.3, 0.4) is 0 Å². The minimum absolute atomic E-state index is 0.00668. The van der Waals surface area contributed by atoms with Gasteiger partial charge in [-0.25, -0.2) is 8.42 Å². The normalized spacial score (nSPS) is 11.4. The van der Waals surface area contributed by atoms with Crippen LogP contribution in [0.4, 0.5) is 5.69 Å². The third-order valence-electron chi connectivity index (χ3n) is 4.37. The van der Waals surface area contributed by atoms with Crippen molar-refractivity contribution in [2.24, 2.45) is 5.73 Å². The quantitative estimate of drug-likeness (QED) is 0.222. The van der Waals surface area contributed by atoms with E-state index in [0.29, 0.717) is 30.3 Å². The first-order valence-electron chi connectivity index (χ1n) is 9.88. The van der Waals surface area contributed by atoms with E-state index in [9.17, 15) is 18.0 Å². The van der Waals surface area contributed by atoms with Gasteiger partial charge in [-0.1, -0.05) is 55.0 Å². The van der Waals surface area contributed by atoms with E-state index >= 15 is 0 Å². The van der Waals surface area contributed by atoms with Gasteiger partial charge in [-0.2, -0.15) is 0 Å². The fourth-order valence-corrected chi connectivity index (χ4v) is 4.34. The van der Waals surface area contributed by atoms with Crippen LogP contribution in [-0.2, 0) is 14.8 Å². The molecule has 0 bridgehead atoms. The molecule has 0 heterocycles. The van der Waals surface area contributed by atoms with Crippen molar-refractivity contribution >= 4 is 43.2 Å². The third kappa shape index (κ3) is 9.30. The highest BCUT2D eigenvalue weighted by Gasteiger charge is 2.22. The van der Waals surface area contributed by atoms with Gasteiger partial charge in [0.1, 0.15) is 0 Å². The standard InChI is InChI=1S/C20H31BrN2O4S/c1-2-3-4-5-6-9-14-28(26,27)23-18-12-11-16(21)15-17(18)20(25)19(24)10-7-8-13-22/h11-12,15,23H,2-10,13-14,22H2,1H3. The Morgan fingerprint density at radius 3 is 2.39 bits per heavy atom. The highest BCUT2D eigenvalue weighted by atomic mass is 79.9. The number of Topliss-reactive ketones (excluding diaryl/α,β-unsaturated/α-hetero) is 2. The molecule has 0 aliphatic carbocycles. The number of nitrogens with one attached hydrogen (secondary N) is 1. The number of carbonyl (C=O) groups is 2. The molecule has 28 heavy (non-hydrogen) atoms. The molecule has 1 rings (SSSR count). The molecule has 8 heteroatoms. The molecule has 0 spiro atoms. The first-order valence-corrected chi connectivity index (χ1v) is 12.3. The topological polar surface area (TPSA) is 106 Å². The second-order valence-electron chi connectivity index (χ2n) is 6.88. The van der Waals surface area contributed by atoms with Crippen LogP contribution in [-0.4, -0.2) is 32.3 Å². The lowest BCUT2D eigenvalue weighted by atomic mass is 10.0. The van der Waals surface area contributed by atoms with Gasteiger partial charge < -0.3 is 5.73 Å². The molecule has 0 atom stereocenters. The van der Waals surface area contributed by atoms with Crippen molar-refractivity contribution in [2.75, 3.05) is 17.0 Å². The first-order chi connectivity index (χ1) is 13.3. The molecular weight excluding hydrogens is 444 g/mol. The van der Waals surface area contributed by atoms with E-state index in [2.05, 4.69) is 27.6 Å². The Labute approximate surface area is 176 Å². The summed E-state index contributed by atoms with van der Waals surface area (Å²) in [6.07, 6.45) is 7.16. The van der Waals surface area contributed by atoms with Crippen molar-refractivity contribution in [2.45, 2.75) is 64.7 Å². The van der Waals surface area contributed by atoms with Crippen LogP contribution < -0.4 is 10.5 Å². The monoisotopic (exact) mass is 474 g/mol. The molecule has 0 aliphatic rings. The van der Waals surface area contributed by atoms with E-state index in [1.807, 2.05) is 0 Å². The van der Waals surface area contributed by atoms with Crippen molar-refractivity contribution < 1.29 is 18.0 Å². The van der Waals surface area contributed by atoms with Crippen LogP contribution in [0.1, 0.15) is 75.1 Å². The van der Waals surface area contributed by atoms with Gasteiger partial charge in [0.2, 0.25) is 21.6 Å². The zero-order chi connectivity index (χ0) is 21.0. The van der Waals surface area contributed by atoms with Crippen LogP contribution in [0.5, 0.6) is 0 Å². The predicted molar refractivity (Wildman–Crippen MR) is 117 cm³/mol. The Kier molecular flexibility index (Phi) is 11.6. The summed E-state index contributed by atoms with van der Waals surface area (Å²) in [5.41, 5.74) is 5.62. The molecule has 1 aromatic rings. The maximum absolute atomic E-state index is 12.5. The molecule has 1 aromatic carbocycles. The second-order valence-corrected chi connectivity index (χ2v) is 9.63. The molecule has 0 aliphatic heterocycles. The molecule has 0 aromatic heterocycles. The van der Waals surface area contributed by atoms with E-state index < -0.39 is 21.6 Å². The highest BCUT2D eigenvalue weighted by molar-refractivity contribution is 9.10. The highest BCUT2D eigenvalue weighted by Crippen LogP contribution is 2.24. The molecular formula is C20H31BrN2O4S. The van der Waals surface area contributed by atoms with Crippen molar-refractivity contribution in [3.8, 4) is 0 Å². The SMILES string of the molecule is CCCCCCCCS(=O)(=O)Nc1ccc(Br)cc1C(=O)C(=O)CCCCN. The second kappa shape index (κ2) is 13.1. The lowest BCUT2D eigenvalue weighted by Gasteiger charge is -2.12. The number of carbonyl (C=O) groups excluding carboxylic acids is 2. The molecule has 0 radical (unpaired) electrons. The van der Waals surface area contributed by atoms with Crippen LogP contribution >= 0.6 is 15.9 Å². The molecule has 3 N–H and O–H groups in total. The van der Waals surface area contributed by atoms with Gasteiger partial charge in [0.15, 0.2) is 0 Å². The number of anilines is 1. The number of unbranched alkanes of at least 4 members (excludes halogenated alkanes) is 6. The average Bonchev–Trinajstić information content (AvgIpc) is 2.65. The van der Waals surface area contributed by atoms with Gasteiger partial charge in [-0.05, 0) is 44.0 Å². The Balaban J connectivity index is 2.77. The minimum atomic E-state index is -3.59. The Bertz CT molecular complexity index is 751. The molecule has 0 amide bonds. The van der Waals surface area contributed by atoms with E-state index in [4.69, 9.17) is 5.73 Å². The molecule has 0 fully saturated rings. The van der Waals surface area contributed by atoms with Crippen molar-refractivity contribution in [1.82, 2.24) is 0 Å². The number of sulfonamides is 1. The zero-order valence-corrected chi connectivity index (χ0v) is 18.9. The van der Waals surface area contributed by atoms with Crippen LogP contribution in [0.25, 0.3) is 0 Å². The van der Waals surface area contributed by atoms with E-state index in [1.165, 1.54) is 12.1 Å². The maximum atomic E-state index is 12.5. The van der Waals surface area contributed by atoms with Gasteiger partial charge in [0.05, 0.1) is 17.0 Å². The summed E-state index contributed by atoms with van der Waals surface area (Å²) in [5, 5.41) is 0. The summed E-state index contributed by atoms with van der Waals surface area (Å²) in [4.78, 5) is 24.7. The molecule has 0 saturated heterocycles. The minimum Gasteiger partial charge on any atom is -0.330 e. The summed E-state index contributed by atoms with van der Waals surface area (Å²) in [7, 11) is -3.59. The van der Waals surface area contributed by atoms with E-state index in [-0.39, 0.29) is 23.4 Å². The summed E-state index contributed by atoms with van der Waals surface area (Å²) in [5.74, 6) is -1.23. The predicted octanol–water partition coefficient (Wildman–Crippen LogP) is 4.43.